The molecule has 110 valence electrons. The van der Waals surface area contributed by atoms with Gasteiger partial charge in [0.2, 0.25) is 0 Å². The Morgan fingerprint density at radius 1 is 1.32 bits per heavy atom. The third kappa shape index (κ3) is 3.48. The summed E-state index contributed by atoms with van der Waals surface area (Å²) in [6.07, 6.45) is 5.49. The Morgan fingerprint density at radius 2 is 2.00 bits per heavy atom. The van der Waals surface area contributed by atoms with Crippen molar-refractivity contribution in [3.05, 3.63) is 0 Å². The van der Waals surface area contributed by atoms with Gasteiger partial charge in [0.1, 0.15) is 0 Å². The number of piperidine rings is 2. The van der Waals surface area contributed by atoms with Gasteiger partial charge >= 0.3 is 5.97 Å². The smallest absolute Gasteiger partial charge is 0.310 e. The van der Waals surface area contributed by atoms with E-state index in [9.17, 15) is 9.90 Å². The van der Waals surface area contributed by atoms with Gasteiger partial charge in [-0.2, -0.15) is 0 Å². The van der Waals surface area contributed by atoms with Crippen LogP contribution in [0, 0.1) is 5.41 Å². The summed E-state index contributed by atoms with van der Waals surface area (Å²) in [5.74, 6) is -0.624. The van der Waals surface area contributed by atoms with Crippen LogP contribution in [0.1, 0.15) is 46.0 Å². The zero-order valence-electron chi connectivity index (χ0n) is 12.4. The molecule has 1 unspecified atom stereocenters. The standard InChI is InChI=1S/C15H28N2O2/c1-3-8-16-10-5-13(6-11-16)17-9-4-7-15(2,12-17)14(18)19/h13H,3-12H2,1-2H3,(H,18,19). The predicted octanol–water partition coefficient (Wildman–Crippen LogP) is 2.05. The van der Waals surface area contributed by atoms with E-state index in [1.807, 2.05) is 6.92 Å². The molecule has 0 saturated carbocycles. The van der Waals surface area contributed by atoms with Crippen molar-refractivity contribution in [2.45, 2.75) is 52.0 Å². The maximum Gasteiger partial charge on any atom is 0.310 e. The van der Waals surface area contributed by atoms with E-state index in [4.69, 9.17) is 0 Å². The summed E-state index contributed by atoms with van der Waals surface area (Å²) in [7, 11) is 0. The topological polar surface area (TPSA) is 43.8 Å². The lowest BCUT2D eigenvalue weighted by atomic mass is 9.81. The molecule has 0 aliphatic carbocycles. The molecule has 4 heteroatoms. The molecule has 2 rings (SSSR count). The fourth-order valence-corrected chi connectivity index (χ4v) is 3.59. The van der Waals surface area contributed by atoms with E-state index < -0.39 is 11.4 Å². The van der Waals surface area contributed by atoms with E-state index in [0.717, 1.165) is 25.9 Å². The van der Waals surface area contributed by atoms with Crippen LogP contribution in [0.15, 0.2) is 0 Å². The molecular formula is C15H28N2O2. The van der Waals surface area contributed by atoms with Crippen LogP contribution < -0.4 is 0 Å². The molecule has 0 spiro atoms. The summed E-state index contributed by atoms with van der Waals surface area (Å²) in [5, 5.41) is 9.39. The molecule has 0 radical (unpaired) electrons. The third-order valence-electron chi connectivity index (χ3n) is 4.86. The monoisotopic (exact) mass is 268 g/mol. The van der Waals surface area contributed by atoms with Gasteiger partial charge in [0.25, 0.3) is 0 Å². The van der Waals surface area contributed by atoms with Gasteiger partial charge in [0.05, 0.1) is 5.41 Å². The van der Waals surface area contributed by atoms with Crippen molar-refractivity contribution < 1.29 is 9.90 Å². The molecule has 0 aromatic carbocycles. The van der Waals surface area contributed by atoms with Crippen LogP contribution in [0.4, 0.5) is 0 Å². The second kappa shape index (κ2) is 6.23. The fraction of sp³-hybridized carbons (Fsp3) is 0.933. The maximum absolute atomic E-state index is 11.4. The summed E-state index contributed by atoms with van der Waals surface area (Å²) in [5.41, 5.74) is -0.529. The van der Waals surface area contributed by atoms with Gasteiger partial charge in [-0.25, -0.2) is 0 Å². The summed E-state index contributed by atoms with van der Waals surface area (Å²) >= 11 is 0. The van der Waals surface area contributed by atoms with Crippen LogP contribution in [0.5, 0.6) is 0 Å². The van der Waals surface area contributed by atoms with E-state index in [-0.39, 0.29) is 0 Å². The minimum atomic E-state index is -0.624. The summed E-state index contributed by atoms with van der Waals surface area (Å²) in [6.45, 7) is 9.53. The number of likely N-dealkylation sites (tertiary alicyclic amines) is 2. The van der Waals surface area contributed by atoms with E-state index in [2.05, 4.69) is 16.7 Å². The molecule has 19 heavy (non-hydrogen) atoms. The number of hydrogen-bond acceptors (Lipinski definition) is 3. The first kappa shape index (κ1) is 14.8. The molecule has 2 aliphatic heterocycles. The number of nitrogens with zero attached hydrogens (tertiary/aromatic N) is 2. The molecule has 2 fully saturated rings. The Hall–Kier alpha value is -0.610. The molecular weight excluding hydrogens is 240 g/mol. The van der Waals surface area contributed by atoms with E-state index >= 15 is 0 Å². The zero-order chi connectivity index (χ0) is 13.9. The number of rotatable bonds is 4. The van der Waals surface area contributed by atoms with E-state index in [1.54, 1.807) is 0 Å². The van der Waals surface area contributed by atoms with Crippen LogP contribution >= 0.6 is 0 Å². The van der Waals surface area contributed by atoms with Gasteiger partial charge in [-0.1, -0.05) is 6.92 Å². The molecule has 4 nitrogen and oxygen atoms in total. The highest BCUT2D eigenvalue weighted by atomic mass is 16.4. The summed E-state index contributed by atoms with van der Waals surface area (Å²) in [4.78, 5) is 16.4. The lowest BCUT2D eigenvalue weighted by molar-refractivity contribution is -0.152. The Bertz CT molecular complexity index is 313. The largest absolute Gasteiger partial charge is 0.481 e. The van der Waals surface area contributed by atoms with Gasteiger partial charge in [-0.05, 0) is 65.2 Å². The van der Waals surface area contributed by atoms with Crippen molar-refractivity contribution in [2.75, 3.05) is 32.7 Å². The highest BCUT2D eigenvalue weighted by Crippen LogP contribution is 2.32. The van der Waals surface area contributed by atoms with Crippen molar-refractivity contribution in [1.82, 2.24) is 9.80 Å². The van der Waals surface area contributed by atoms with Crippen LogP contribution in [-0.2, 0) is 4.79 Å². The average molecular weight is 268 g/mol. The van der Waals surface area contributed by atoms with Crippen LogP contribution in [-0.4, -0.2) is 59.6 Å². The lowest BCUT2D eigenvalue weighted by Crippen LogP contribution is -2.53. The van der Waals surface area contributed by atoms with Crippen molar-refractivity contribution in [3.8, 4) is 0 Å². The molecule has 2 heterocycles. The molecule has 0 amide bonds. The Balaban J connectivity index is 1.87. The molecule has 2 saturated heterocycles. The van der Waals surface area contributed by atoms with Crippen molar-refractivity contribution in [1.29, 1.82) is 0 Å². The first-order chi connectivity index (χ1) is 9.05. The van der Waals surface area contributed by atoms with Gasteiger partial charge < -0.3 is 10.0 Å². The predicted molar refractivity (Wildman–Crippen MR) is 76.3 cm³/mol. The van der Waals surface area contributed by atoms with Gasteiger partial charge in [-0.15, -0.1) is 0 Å². The highest BCUT2D eigenvalue weighted by molar-refractivity contribution is 5.74. The normalized spacial score (nSPS) is 31.5. The molecule has 1 N–H and O–H groups in total. The first-order valence-electron chi connectivity index (χ1n) is 7.75. The number of carboxylic acids is 1. The van der Waals surface area contributed by atoms with Gasteiger partial charge in [-0.3, -0.25) is 9.69 Å². The number of hydrogen-bond donors (Lipinski definition) is 1. The van der Waals surface area contributed by atoms with Gasteiger partial charge in [0, 0.05) is 12.6 Å². The number of carbonyl (C=O) groups is 1. The maximum atomic E-state index is 11.4. The zero-order valence-corrected chi connectivity index (χ0v) is 12.4. The van der Waals surface area contributed by atoms with Gasteiger partial charge in [0.15, 0.2) is 0 Å². The quantitative estimate of drug-likeness (QED) is 0.847. The molecule has 1 atom stereocenters. The third-order valence-corrected chi connectivity index (χ3v) is 4.86. The second-order valence-electron chi connectivity index (χ2n) is 6.51. The SMILES string of the molecule is CCCN1CCC(N2CCCC(C)(C(=O)O)C2)CC1. The molecule has 2 aliphatic rings. The highest BCUT2D eigenvalue weighted by Gasteiger charge is 2.40. The lowest BCUT2D eigenvalue weighted by Gasteiger charge is -2.44. The van der Waals surface area contributed by atoms with Crippen LogP contribution in [0.3, 0.4) is 0 Å². The van der Waals surface area contributed by atoms with Crippen molar-refractivity contribution in [3.63, 3.8) is 0 Å². The first-order valence-corrected chi connectivity index (χ1v) is 7.75. The summed E-state index contributed by atoms with van der Waals surface area (Å²) < 4.78 is 0. The van der Waals surface area contributed by atoms with E-state index in [1.165, 1.54) is 38.9 Å². The van der Waals surface area contributed by atoms with Crippen LogP contribution in [0.25, 0.3) is 0 Å². The van der Waals surface area contributed by atoms with E-state index in [0.29, 0.717) is 6.04 Å². The fourth-order valence-electron chi connectivity index (χ4n) is 3.59. The number of aliphatic carboxylic acids is 1. The second-order valence-corrected chi connectivity index (χ2v) is 6.51. The summed E-state index contributed by atoms with van der Waals surface area (Å²) in [6, 6.07) is 0.604. The molecule has 0 aromatic heterocycles. The Morgan fingerprint density at radius 3 is 2.58 bits per heavy atom. The minimum Gasteiger partial charge on any atom is -0.481 e. The average Bonchev–Trinajstić information content (AvgIpc) is 2.40. The minimum absolute atomic E-state index is 0.529. The van der Waals surface area contributed by atoms with Crippen LogP contribution in [0.2, 0.25) is 0 Å². The molecule has 0 aromatic rings. The Kier molecular flexibility index (Phi) is 4.85. The van der Waals surface area contributed by atoms with Crippen molar-refractivity contribution >= 4 is 5.97 Å². The number of carboxylic acid groups (broad SMARTS) is 1. The Labute approximate surface area is 116 Å². The van der Waals surface area contributed by atoms with Crippen molar-refractivity contribution in [2.24, 2.45) is 5.41 Å². The molecule has 0 bridgehead atoms.